The summed E-state index contributed by atoms with van der Waals surface area (Å²) in [5, 5.41) is 0. The van der Waals surface area contributed by atoms with Gasteiger partial charge in [-0.1, -0.05) is 0 Å². The highest BCUT2D eigenvalue weighted by Crippen LogP contribution is 2.17. The number of hydrogen-bond acceptors (Lipinski definition) is 6. The lowest BCUT2D eigenvalue weighted by Crippen LogP contribution is -2.10. The van der Waals surface area contributed by atoms with E-state index in [1.807, 2.05) is 0 Å². The molecule has 78 valence electrons. The molecular weight excluding hydrogens is 184 g/mol. The SMILES string of the molecule is COCCOc1nc(C)c(N)c(N)n1. The number of nitrogen functional groups attached to an aromatic ring is 2. The van der Waals surface area contributed by atoms with Crippen LogP contribution in [-0.2, 0) is 4.74 Å². The van der Waals surface area contributed by atoms with Gasteiger partial charge in [-0.25, -0.2) is 0 Å². The van der Waals surface area contributed by atoms with Crippen molar-refractivity contribution in [2.24, 2.45) is 0 Å². The van der Waals surface area contributed by atoms with E-state index in [0.717, 1.165) is 0 Å². The molecule has 6 heteroatoms. The first-order valence-corrected chi connectivity index (χ1v) is 4.16. The summed E-state index contributed by atoms with van der Waals surface area (Å²) in [7, 11) is 1.59. The highest BCUT2D eigenvalue weighted by Gasteiger charge is 2.06. The van der Waals surface area contributed by atoms with Gasteiger partial charge in [0.1, 0.15) is 6.61 Å². The van der Waals surface area contributed by atoms with Crippen molar-refractivity contribution in [3.63, 3.8) is 0 Å². The monoisotopic (exact) mass is 198 g/mol. The van der Waals surface area contributed by atoms with Crippen LogP contribution in [0.1, 0.15) is 5.69 Å². The van der Waals surface area contributed by atoms with Crippen LogP contribution in [0, 0.1) is 6.92 Å². The Labute approximate surface area is 82.2 Å². The predicted molar refractivity (Wildman–Crippen MR) is 53.0 cm³/mol. The molecule has 1 aromatic rings. The van der Waals surface area contributed by atoms with E-state index in [0.29, 0.717) is 24.6 Å². The summed E-state index contributed by atoms with van der Waals surface area (Å²) in [6.07, 6.45) is 0. The van der Waals surface area contributed by atoms with E-state index in [1.165, 1.54) is 0 Å². The predicted octanol–water partition coefficient (Wildman–Crippen LogP) is -0.0254. The van der Waals surface area contributed by atoms with E-state index in [9.17, 15) is 0 Å². The van der Waals surface area contributed by atoms with Gasteiger partial charge in [-0.3, -0.25) is 0 Å². The van der Waals surface area contributed by atoms with Gasteiger partial charge >= 0.3 is 6.01 Å². The Bertz CT molecular complexity index is 293. The molecule has 1 aromatic heterocycles. The molecule has 0 aliphatic heterocycles. The maximum Gasteiger partial charge on any atom is 0.318 e. The third-order valence-corrected chi connectivity index (χ3v) is 1.66. The number of aryl methyl sites for hydroxylation is 1. The third-order valence-electron chi connectivity index (χ3n) is 1.66. The molecule has 0 atom stereocenters. The fourth-order valence-electron chi connectivity index (χ4n) is 0.858. The number of methoxy groups -OCH3 is 1. The molecule has 6 nitrogen and oxygen atoms in total. The van der Waals surface area contributed by atoms with E-state index < -0.39 is 0 Å². The molecule has 0 bridgehead atoms. The van der Waals surface area contributed by atoms with Crippen molar-refractivity contribution in [3.05, 3.63) is 5.69 Å². The Hall–Kier alpha value is -1.56. The molecular formula is C8H14N4O2. The van der Waals surface area contributed by atoms with Crippen LogP contribution in [0.2, 0.25) is 0 Å². The molecule has 14 heavy (non-hydrogen) atoms. The number of nitrogens with two attached hydrogens (primary N) is 2. The van der Waals surface area contributed by atoms with Crippen LogP contribution in [0.4, 0.5) is 11.5 Å². The molecule has 0 saturated heterocycles. The van der Waals surface area contributed by atoms with Crippen LogP contribution in [-0.4, -0.2) is 30.3 Å². The van der Waals surface area contributed by atoms with Gasteiger partial charge in [-0.05, 0) is 6.92 Å². The van der Waals surface area contributed by atoms with Gasteiger partial charge in [0, 0.05) is 7.11 Å². The van der Waals surface area contributed by atoms with Gasteiger partial charge in [0.2, 0.25) is 0 Å². The van der Waals surface area contributed by atoms with E-state index in [1.54, 1.807) is 14.0 Å². The average Bonchev–Trinajstić information content (AvgIpc) is 2.14. The molecule has 0 unspecified atom stereocenters. The lowest BCUT2D eigenvalue weighted by atomic mass is 10.3. The van der Waals surface area contributed by atoms with Crippen molar-refractivity contribution in [2.75, 3.05) is 31.8 Å². The third kappa shape index (κ3) is 2.46. The van der Waals surface area contributed by atoms with Crippen molar-refractivity contribution in [1.82, 2.24) is 9.97 Å². The van der Waals surface area contributed by atoms with Crippen molar-refractivity contribution in [2.45, 2.75) is 6.92 Å². The van der Waals surface area contributed by atoms with Crippen molar-refractivity contribution in [1.29, 1.82) is 0 Å². The molecule has 0 spiro atoms. The molecule has 0 aliphatic rings. The topological polar surface area (TPSA) is 96.3 Å². The van der Waals surface area contributed by atoms with E-state index in [2.05, 4.69) is 9.97 Å². The molecule has 4 N–H and O–H groups in total. The van der Waals surface area contributed by atoms with Crippen molar-refractivity contribution in [3.8, 4) is 6.01 Å². The number of ether oxygens (including phenoxy) is 2. The number of anilines is 2. The Kier molecular flexibility index (Phi) is 3.47. The minimum Gasteiger partial charge on any atom is -0.461 e. The largest absolute Gasteiger partial charge is 0.461 e. The summed E-state index contributed by atoms with van der Waals surface area (Å²) >= 11 is 0. The zero-order valence-corrected chi connectivity index (χ0v) is 8.28. The van der Waals surface area contributed by atoms with E-state index in [4.69, 9.17) is 20.9 Å². The Morgan fingerprint density at radius 2 is 1.93 bits per heavy atom. The minimum absolute atomic E-state index is 0.228. The second-order valence-corrected chi connectivity index (χ2v) is 2.73. The van der Waals surface area contributed by atoms with Gasteiger partial charge in [-0.2, -0.15) is 9.97 Å². The summed E-state index contributed by atoms with van der Waals surface area (Å²) in [6.45, 7) is 2.61. The zero-order chi connectivity index (χ0) is 10.6. The highest BCUT2D eigenvalue weighted by molar-refractivity contribution is 5.60. The van der Waals surface area contributed by atoms with Crippen LogP contribution in [0.25, 0.3) is 0 Å². The minimum atomic E-state index is 0.228. The number of hydrogen-bond donors (Lipinski definition) is 2. The fourth-order valence-corrected chi connectivity index (χ4v) is 0.858. The summed E-state index contributed by atoms with van der Waals surface area (Å²) < 4.78 is 9.99. The summed E-state index contributed by atoms with van der Waals surface area (Å²) in [5.41, 5.74) is 12.1. The van der Waals surface area contributed by atoms with Gasteiger partial charge in [0.25, 0.3) is 0 Å². The highest BCUT2D eigenvalue weighted by atomic mass is 16.5. The zero-order valence-electron chi connectivity index (χ0n) is 8.28. The molecule has 0 aromatic carbocycles. The molecule has 1 heterocycles. The van der Waals surface area contributed by atoms with Crippen molar-refractivity contribution < 1.29 is 9.47 Å². The normalized spacial score (nSPS) is 10.1. The molecule has 0 aliphatic carbocycles. The van der Waals surface area contributed by atoms with E-state index >= 15 is 0 Å². The van der Waals surface area contributed by atoms with Gasteiger partial charge < -0.3 is 20.9 Å². The lowest BCUT2D eigenvalue weighted by molar-refractivity contribution is 0.141. The summed E-state index contributed by atoms with van der Waals surface area (Å²) in [4.78, 5) is 7.88. The lowest BCUT2D eigenvalue weighted by Gasteiger charge is -2.07. The molecule has 0 fully saturated rings. The molecule has 0 radical (unpaired) electrons. The van der Waals surface area contributed by atoms with Gasteiger partial charge in [0.15, 0.2) is 5.82 Å². The number of rotatable bonds is 4. The van der Waals surface area contributed by atoms with Crippen LogP contribution >= 0.6 is 0 Å². The second-order valence-electron chi connectivity index (χ2n) is 2.73. The van der Waals surface area contributed by atoms with Crippen LogP contribution in [0.5, 0.6) is 6.01 Å². The second kappa shape index (κ2) is 4.61. The molecule has 0 amide bonds. The van der Waals surface area contributed by atoms with Crippen molar-refractivity contribution >= 4 is 11.5 Å². The number of aromatic nitrogens is 2. The maximum absolute atomic E-state index is 5.58. The molecule has 0 saturated carbocycles. The standard InChI is InChI=1S/C8H14N4O2/c1-5-6(9)7(10)12-8(11-5)14-4-3-13-2/h3-4,9H2,1-2H3,(H2,10,11,12). The van der Waals surface area contributed by atoms with Crippen LogP contribution in [0.3, 0.4) is 0 Å². The average molecular weight is 198 g/mol. The smallest absolute Gasteiger partial charge is 0.318 e. The number of nitrogens with zero attached hydrogens (tertiary/aromatic N) is 2. The van der Waals surface area contributed by atoms with Gasteiger partial charge in [-0.15, -0.1) is 0 Å². The first kappa shape index (κ1) is 10.5. The summed E-state index contributed by atoms with van der Waals surface area (Å²) in [6, 6.07) is 0.228. The Morgan fingerprint density at radius 3 is 2.50 bits per heavy atom. The van der Waals surface area contributed by atoms with Crippen LogP contribution in [0.15, 0.2) is 0 Å². The fraction of sp³-hybridized carbons (Fsp3) is 0.500. The summed E-state index contributed by atoms with van der Waals surface area (Å²) in [5.74, 6) is 0.241. The van der Waals surface area contributed by atoms with Gasteiger partial charge in [0.05, 0.1) is 18.0 Å². The van der Waals surface area contributed by atoms with Crippen LogP contribution < -0.4 is 16.2 Å². The first-order chi connectivity index (χ1) is 6.65. The molecule has 1 rings (SSSR count). The quantitative estimate of drug-likeness (QED) is 0.660. The Balaban J connectivity index is 2.69. The van der Waals surface area contributed by atoms with E-state index in [-0.39, 0.29) is 11.8 Å². The first-order valence-electron chi connectivity index (χ1n) is 4.16. The Morgan fingerprint density at radius 1 is 1.21 bits per heavy atom. The maximum atomic E-state index is 5.58.